The maximum absolute atomic E-state index is 14.0. The van der Waals surface area contributed by atoms with Gasteiger partial charge in [-0.2, -0.15) is 0 Å². The van der Waals surface area contributed by atoms with Gasteiger partial charge in [-0.25, -0.2) is 13.8 Å². The van der Waals surface area contributed by atoms with Gasteiger partial charge in [-0.05, 0) is 44.9 Å². The predicted octanol–water partition coefficient (Wildman–Crippen LogP) is 2.63. The topological polar surface area (TPSA) is 47.1 Å². The van der Waals surface area contributed by atoms with Gasteiger partial charge in [0, 0.05) is 19.1 Å². The van der Waals surface area contributed by atoms with Crippen molar-refractivity contribution in [1.29, 1.82) is 0 Å². The van der Waals surface area contributed by atoms with E-state index in [1.165, 1.54) is 6.07 Å². The molecule has 1 atom stereocenters. The summed E-state index contributed by atoms with van der Waals surface area (Å²) in [5, 5.41) is 0. The first kappa shape index (κ1) is 14.3. The second-order valence-corrected chi connectivity index (χ2v) is 6.05. The van der Waals surface area contributed by atoms with E-state index in [0.29, 0.717) is 24.0 Å². The summed E-state index contributed by atoms with van der Waals surface area (Å²) in [7, 11) is 0. The molecule has 1 unspecified atom stereocenters. The highest BCUT2D eigenvalue weighted by atomic mass is 19.2. The molecular weight excluding hydrogens is 274 g/mol. The van der Waals surface area contributed by atoms with Crippen LogP contribution >= 0.6 is 0 Å². The zero-order valence-corrected chi connectivity index (χ0v) is 12.3. The second-order valence-electron chi connectivity index (χ2n) is 6.05. The summed E-state index contributed by atoms with van der Waals surface area (Å²) in [6.45, 7) is 6.89. The molecule has 4 nitrogen and oxygen atoms in total. The highest BCUT2D eigenvalue weighted by Gasteiger charge is 2.26. The van der Waals surface area contributed by atoms with Gasteiger partial charge in [0.15, 0.2) is 11.6 Å². The molecule has 1 aromatic heterocycles. The fourth-order valence-electron chi connectivity index (χ4n) is 3.10. The third-order valence-electron chi connectivity index (χ3n) is 4.32. The van der Waals surface area contributed by atoms with E-state index in [-0.39, 0.29) is 11.5 Å². The quantitative estimate of drug-likeness (QED) is 0.946. The number of fused-ring (bicyclic) bond motifs is 1. The largest absolute Gasteiger partial charge is 0.369 e. The van der Waals surface area contributed by atoms with Crippen molar-refractivity contribution in [3.8, 4) is 0 Å². The Morgan fingerprint density at radius 2 is 2.14 bits per heavy atom. The summed E-state index contributed by atoms with van der Waals surface area (Å²) in [6, 6.07) is 3.06. The second kappa shape index (κ2) is 5.26. The minimum Gasteiger partial charge on any atom is -0.369 e. The Balaban J connectivity index is 1.91. The van der Waals surface area contributed by atoms with Crippen LogP contribution in [0.25, 0.3) is 11.0 Å². The number of hydrogen-bond donors (Lipinski definition) is 1. The third-order valence-corrected chi connectivity index (χ3v) is 4.32. The molecule has 0 aliphatic carbocycles. The van der Waals surface area contributed by atoms with Crippen LogP contribution in [0.15, 0.2) is 12.1 Å². The Hall–Kier alpha value is -1.69. The van der Waals surface area contributed by atoms with E-state index >= 15 is 0 Å². The Morgan fingerprint density at radius 1 is 1.38 bits per heavy atom. The van der Waals surface area contributed by atoms with Crippen molar-refractivity contribution in [2.75, 3.05) is 18.8 Å². The Bertz CT molecular complexity index is 665. The maximum atomic E-state index is 14.0. The van der Waals surface area contributed by atoms with Crippen LogP contribution in [-0.4, -0.2) is 33.6 Å². The molecule has 1 aliphatic heterocycles. The van der Waals surface area contributed by atoms with Crippen LogP contribution in [0.3, 0.4) is 0 Å². The zero-order valence-electron chi connectivity index (χ0n) is 12.3. The molecule has 1 fully saturated rings. The van der Waals surface area contributed by atoms with E-state index < -0.39 is 11.6 Å². The van der Waals surface area contributed by atoms with Crippen molar-refractivity contribution in [2.24, 2.45) is 5.92 Å². The van der Waals surface area contributed by atoms with Crippen molar-refractivity contribution >= 4 is 17.0 Å². The number of hydrogen-bond acceptors (Lipinski definition) is 3. The number of rotatable bonds is 3. The van der Waals surface area contributed by atoms with Crippen LogP contribution in [0.1, 0.15) is 20.3 Å². The number of likely N-dealkylation sites (tertiary alicyclic amines) is 1. The van der Waals surface area contributed by atoms with Crippen LogP contribution in [0.5, 0.6) is 0 Å². The van der Waals surface area contributed by atoms with Gasteiger partial charge in [0.05, 0.1) is 5.52 Å². The van der Waals surface area contributed by atoms with Crippen LogP contribution in [0.2, 0.25) is 0 Å². The number of nitrogen functional groups attached to an aromatic ring is 1. The van der Waals surface area contributed by atoms with Gasteiger partial charge in [-0.1, -0.05) is 0 Å². The molecule has 1 aromatic carbocycles. The summed E-state index contributed by atoms with van der Waals surface area (Å²) in [5.41, 5.74) is 6.48. The Morgan fingerprint density at radius 3 is 2.81 bits per heavy atom. The van der Waals surface area contributed by atoms with Crippen molar-refractivity contribution in [3.63, 3.8) is 0 Å². The molecule has 6 heteroatoms. The fraction of sp³-hybridized carbons (Fsp3) is 0.533. The number of anilines is 1. The minimum absolute atomic E-state index is 0.176. The molecule has 0 amide bonds. The van der Waals surface area contributed by atoms with Gasteiger partial charge in [0.2, 0.25) is 5.95 Å². The lowest BCUT2D eigenvalue weighted by atomic mass is 10.1. The first-order chi connectivity index (χ1) is 9.97. The highest BCUT2D eigenvalue weighted by Crippen LogP contribution is 2.27. The fourth-order valence-corrected chi connectivity index (χ4v) is 3.10. The molecule has 1 aliphatic rings. The Kier molecular flexibility index (Phi) is 3.57. The van der Waals surface area contributed by atoms with Crippen LogP contribution in [0, 0.1) is 17.6 Å². The summed E-state index contributed by atoms with van der Waals surface area (Å²) in [6.07, 6.45) is 1.04. The average Bonchev–Trinajstić information content (AvgIpc) is 3.01. The molecule has 3 rings (SSSR count). The number of halogens is 2. The predicted molar refractivity (Wildman–Crippen MR) is 78.9 cm³/mol. The summed E-state index contributed by atoms with van der Waals surface area (Å²) in [4.78, 5) is 6.52. The van der Waals surface area contributed by atoms with Crippen molar-refractivity contribution in [1.82, 2.24) is 14.5 Å². The van der Waals surface area contributed by atoms with E-state index in [0.717, 1.165) is 25.6 Å². The van der Waals surface area contributed by atoms with Gasteiger partial charge < -0.3 is 15.2 Å². The summed E-state index contributed by atoms with van der Waals surface area (Å²) < 4.78 is 29.1. The SMILES string of the molecule is CC(C)N1CCC(Cn2c(N)nc3ccc(F)c(F)c32)C1. The van der Waals surface area contributed by atoms with Crippen molar-refractivity contribution in [2.45, 2.75) is 32.9 Å². The van der Waals surface area contributed by atoms with Crippen molar-refractivity contribution < 1.29 is 8.78 Å². The third kappa shape index (κ3) is 2.48. The van der Waals surface area contributed by atoms with E-state index in [4.69, 9.17) is 5.73 Å². The number of nitrogens with two attached hydrogens (primary N) is 1. The molecule has 0 bridgehead atoms. The van der Waals surface area contributed by atoms with E-state index in [9.17, 15) is 8.78 Å². The van der Waals surface area contributed by atoms with Gasteiger partial charge in [-0.3, -0.25) is 0 Å². The smallest absolute Gasteiger partial charge is 0.201 e. The molecule has 0 spiro atoms. The first-order valence-electron chi connectivity index (χ1n) is 7.31. The normalized spacial score (nSPS) is 20.0. The van der Waals surface area contributed by atoms with E-state index in [1.807, 2.05) is 0 Å². The zero-order chi connectivity index (χ0) is 15.1. The van der Waals surface area contributed by atoms with Crippen molar-refractivity contribution in [3.05, 3.63) is 23.8 Å². The number of imidazole rings is 1. The van der Waals surface area contributed by atoms with Crippen LogP contribution in [0.4, 0.5) is 14.7 Å². The highest BCUT2D eigenvalue weighted by molar-refractivity contribution is 5.79. The number of benzene rings is 1. The van der Waals surface area contributed by atoms with Gasteiger partial charge in [-0.15, -0.1) is 0 Å². The maximum Gasteiger partial charge on any atom is 0.201 e. The lowest BCUT2D eigenvalue weighted by Gasteiger charge is -2.20. The monoisotopic (exact) mass is 294 g/mol. The molecule has 1 saturated heterocycles. The minimum atomic E-state index is -0.865. The molecule has 0 radical (unpaired) electrons. The van der Waals surface area contributed by atoms with Gasteiger partial charge in [0.1, 0.15) is 5.52 Å². The molecule has 21 heavy (non-hydrogen) atoms. The number of aromatic nitrogens is 2. The van der Waals surface area contributed by atoms with E-state index in [2.05, 4.69) is 23.7 Å². The molecule has 2 heterocycles. The molecule has 2 N–H and O–H groups in total. The molecular formula is C15H20F2N4. The number of nitrogens with zero attached hydrogens (tertiary/aromatic N) is 3. The van der Waals surface area contributed by atoms with Crippen LogP contribution in [-0.2, 0) is 6.54 Å². The lowest BCUT2D eigenvalue weighted by molar-refractivity contribution is 0.261. The standard InChI is InChI=1S/C15H20F2N4/c1-9(2)20-6-5-10(7-20)8-21-14-12(19-15(21)18)4-3-11(16)13(14)17/h3-4,9-10H,5-8H2,1-2H3,(H2,18,19). The van der Waals surface area contributed by atoms with E-state index in [1.54, 1.807) is 4.57 Å². The summed E-state index contributed by atoms with van der Waals surface area (Å²) in [5.74, 6) is -1.10. The Labute approximate surface area is 122 Å². The lowest BCUT2D eigenvalue weighted by Crippen LogP contribution is -2.28. The summed E-state index contributed by atoms with van der Waals surface area (Å²) >= 11 is 0. The van der Waals surface area contributed by atoms with Gasteiger partial charge >= 0.3 is 0 Å². The molecule has 114 valence electrons. The molecule has 2 aromatic rings. The average molecular weight is 294 g/mol. The van der Waals surface area contributed by atoms with Gasteiger partial charge in [0.25, 0.3) is 0 Å². The first-order valence-corrected chi connectivity index (χ1v) is 7.31. The van der Waals surface area contributed by atoms with Crippen LogP contribution < -0.4 is 5.73 Å². The molecule has 0 saturated carbocycles.